The second-order valence-electron chi connectivity index (χ2n) is 4.85. The highest BCUT2D eigenvalue weighted by Gasteiger charge is 2.17. The van der Waals surface area contributed by atoms with Gasteiger partial charge in [-0.3, -0.25) is 4.68 Å². The summed E-state index contributed by atoms with van der Waals surface area (Å²) in [7, 11) is -1.71. The Bertz CT molecular complexity index is 754. The lowest BCUT2D eigenvalue weighted by molar-refractivity contribution is 0.581. The molecule has 0 fully saturated rings. The topological polar surface area (TPSA) is 64.0 Å². The molecule has 1 heterocycles. The summed E-state index contributed by atoms with van der Waals surface area (Å²) >= 11 is 5.93. The van der Waals surface area contributed by atoms with Crippen LogP contribution < -0.4 is 4.72 Å². The molecule has 1 aromatic carbocycles. The molecule has 114 valence electrons. The maximum Gasteiger partial charge on any atom is 0.242 e. The maximum absolute atomic E-state index is 12.2. The van der Waals surface area contributed by atoms with Crippen LogP contribution in [0.4, 0.5) is 0 Å². The summed E-state index contributed by atoms with van der Waals surface area (Å²) in [5, 5.41) is 4.54. The number of nitrogens with one attached hydrogen (secondary N) is 1. The zero-order valence-electron chi connectivity index (χ0n) is 12.2. The number of nitrogens with zero attached hydrogens (tertiary/aromatic N) is 2. The van der Waals surface area contributed by atoms with Gasteiger partial charge in [-0.25, -0.2) is 13.1 Å². The lowest BCUT2D eigenvalue weighted by Crippen LogP contribution is -2.26. The van der Waals surface area contributed by atoms with E-state index in [9.17, 15) is 8.42 Å². The van der Waals surface area contributed by atoms with Crippen LogP contribution in [0.2, 0.25) is 5.02 Å². The minimum atomic E-state index is -3.59. The Morgan fingerprint density at radius 1 is 1.29 bits per heavy atom. The van der Waals surface area contributed by atoms with Crippen LogP contribution in [0, 0.1) is 13.8 Å². The number of hydrogen-bond donors (Lipinski definition) is 1. The van der Waals surface area contributed by atoms with Gasteiger partial charge in [0.2, 0.25) is 10.0 Å². The number of rotatable bonds is 5. The lowest BCUT2D eigenvalue weighted by Gasteiger charge is -2.08. The highest BCUT2D eigenvalue weighted by molar-refractivity contribution is 7.89. The normalized spacial score (nSPS) is 11.8. The summed E-state index contributed by atoms with van der Waals surface area (Å²) in [6.07, 6.45) is 0.592. The molecule has 2 aromatic rings. The molecule has 1 N–H and O–H groups in total. The minimum absolute atomic E-state index is 0.103. The van der Waals surface area contributed by atoms with Gasteiger partial charge in [-0.05, 0) is 38.0 Å². The van der Waals surface area contributed by atoms with Gasteiger partial charge < -0.3 is 0 Å². The first-order valence-corrected chi connectivity index (χ1v) is 8.42. The van der Waals surface area contributed by atoms with Crippen LogP contribution in [0.3, 0.4) is 0 Å². The van der Waals surface area contributed by atoms with Crippen molar-refractivity contribution in [1.29, 1.82) is 0 Å². The number of aromatic nitrogens is 2. The van der Waals surface area contributed by atoms with Crippen molar-refractivity contribution in [3.63, 3.8) is 0 Å². The molecule has 0 amide bonds. The summed E-state index contributed by atoms with van der Waals surface area (Å²) in [5.41, 5.74) is 3.04. The fourth-order valence-corrected chi connectivity index (χ4v) is 3.78. The standard InChI is InChI=1S/C14H18ClN3O2S/c1-10-12(11(2)18(3)17-10)8-9-16-21(19,20)14-7-5-4-6-13(14)15/h4-7,16H,8-9H2,1-3H3. The Morgan fingerprint density at radius 2 is 1.95 bits per heavy atom. The van der Waals surface area contributed by atoms with Gasteiger partial charge in [0.15, 0.2) is 0 Å². The van der Waals surface area contributed by atoms with Gasteiger partial charge in [0.05, 0.1) is 10.7 Å². The van der Waals surface area contributed by atoms with E-state index in [-0.39, 0.29) is 9.92 Å². The molecule has 0 atom stereocenters. The van der Waals surface area contributed by atoms with Crippen LogP contribution in [0.1, 0.15) is 17.0 Å². The van der Waals surface area contributed by atoms with Crippen molar-refractivity contribution in [3.8, 4) is 0 Å². The average molecular weight is 328 g/mol. The molecule has 0 aliphatic heterocycles. The van der Waals surface area contributed by atoms with Crippen LogP contribution in [0.15, 0.2) is 29.2 Å². The van der Waals surface area contributed by atoms with Crippen LogP contribution in [0.5, 0.6) is 0 Å². The second kappa shape index (κ2) is 6.17. The van der Waals surface area contributed by atoms with Crippen LogP contribution >= 0.6 is 11.6 Å². The zero-order valence-corrected chi connectivity index (χ0v) is 13.8. The van der Waals surface area contributed by atoms with E-state index >= 15 is 0 Å². The molecular formula is C14H18ClN3O2S. The molecule has 21 heavy (non-hydrogen) atoms. The molecule has 7 heteroatoms. The lowest BCUT2D eigenvalue weighted by atomic mass is 10.1. The third kappa shape index (κ3) is 3.45. The first-order chi connectivity index (χ1) is 9.83. The minimum Gasteiger partial charge on any atom is -0.272 e. The highest BCUT2D eigenvalue weighted by atomic mass is 35.5. The van der Waals surface area contributed by atoms with Gasteiger partial charge in [-0.1, -0.05) is 23.7 Å². The summed E-state index contributed by atoms with van der Waals surface area (Å²) in [6.45, 7) is 4.20. The Labute approximate surface area is 130 Å². The third-order valence-electron chi connectivity index (χ3n) is 3.45. The molecule has 0 aliphatic carbocycles. The summed E-state index contributed by atoms with van der Waals surface area (Å²) in [5.74, 6) is 0. The molecule has 0 saturated carbocycles. The van der Waals surface area contributed by atoms with Crippen molar-refractivity contribution in [1.82, 2.24) is 14.5 Å². The van der Waals surface area contributed by atoms with Crippen molar-refractivity contribution in [3.05, 3.63) is 46.2 Å². The quantitative estimate of drug-likeness (QED) is 0.915. The number of halogens is 1. The van der Waals surface area contributed by atoms with Crippen LogP contribution in [-0.2, 0) is 23.5 Å². The van der Waals surface area contributed by atoms with E-state index in [0.717, 1.165) is 17.0 Å². The largest absolute Gasteiger partial charge is 0.272 e. The van der Waals surface area contributed by atoms with Gasteiger partial charge in [0.25, 0.3) is 0 Å². The second-order valence-corrected chi connectivity index (χ2v) is 6.99. The van der Waals surface area contributed by atoms with Crippen LogP contribution in [0.25, 0.3) is 0 Å². The molecule has 0 aliphatic rings. The van der Waals surface area contributed by atoms with E-state index in [4.69, 9.17) is 11.6 Å². The smallest absolute Gasteiger partial charge is 0.242 e. The fourth-order valence-electron chi connectivity index (χ4n) is 2.23. The van der Waals surface area contributed by atoms with Crippen molar-refractivity contribution in [2.75, 3.05) is 6.54 Å². The summed E-state index contributed by atoms with van der Waals surface area (Å²) < 4.78 is 28.8. The molecule has 2 rings (SSSR count). The highest BCUT2D eigenvalue weighted by Crippen LogP contribution is 2.20. The molecule has 5 nitrogen and oxygen atoms in total. The first kappa shape index (κ1) is 16.0. The van der Waals surface area contributed by atoms with Gasteiger partial charge in [-0.15, -0.1) is 0 Å². The van der Waals surface area contributed by atoms with Crippen LogP contribution in [-0.4, -0.2) is 24.7 Å². The Kier molecular flexibility index (Phi) is 4.70. The Balaban J connectivity index is 2.08. The summed E-state index contributed by atoms with van der Waals surface area (Å²) in [6, 6.07) is 6.40. The Hall–Kier alpha value is -1.37. The Morgan fingerprint density at radius 3 is 2.52 bits per heavy atom. The van der Waals surface area contributed by atoms with E-state index in [1.165, 1.54) is 6.07 Å². The van der Waals surface area contributed by atoms with E-state index in [0.29, 0.717) is 13.0 Å². The van der Waals surface area contributed by atoms with Crippen molar-refractivity contribution in [2.45, 2.75) is 25.2 Å². The number of hydrogen-bond acceptors (Lipinski definition) is 3. The zero-order chi connectivity index (χ0) is 15.6. The fraction of sp³-hybridized carbons (Fsp3) is 0.357. The average Bonchev–Trinajstić information content (AvgIpc) is 2.65. The molecule has 0 saturated heterocycles. The third-order valence-corrected chi connectivity index (χ3v) is 5.41. The monoisotopic (exact) mass is 327 g/mol. The van der Waals surface area contributed by atoms with Gasteiger partial charge in [0, 0.05) is 19.3 Å². The van der Waals surface area contributed by atoms with E-state index < -0.39 is 10.0 Å². The first-order valence-electron chi connectivity index (χ1n) is 6.56. The predicted molar refractivity (Wildman–Crippen MR) is 83.0 cm³/mol. The molecule has 0 radical (unpaired) electrons. The van der Waals surface area contributed by atoms with E-state index in [1.54, 1.807) is 22.9 Å². The number of benzene rings is 1. The molecular weight excluding hydrogens is 310 g/mol. The van der Waals surface area contributed by atoms with Crippen molar-refractivity contribution < 1.29 is 8.42 Å². The van der Waals surface area contributed by atoms with Gasteiger partial charge in [0.1, 0.15) is 4.90 Å². The van der Waals surface area contributed by atoms with Crippen molar-refractivity contribution in [2.24, 2.45) is 7.05 Å². The predicted octanol–water partition coefficient (Wildman–Crippen LogP) is 2.21. The van der Waals surface area contributed by atoms with E-state index in [1.807, 2.05) is 20.9 Å². The van der Waals surface area contributed by atoms with E-state index in [2.05, 4.69) is 9.82 Å². The molecule has 0 bridgehead atoms. The molecule has 0 unspecified atom stereocenters. The van der Waals surface area contributed by atoms with Gasteiger partial charge in [-0.2, -0.15) is 5.10 Å². The molecule has 1 aromatic heterocycles. The maximum atomic E-state index is 12.2. The van der Waals surface area contributed by atoms with Gasteiger partial charge >= 0.3 is 0 Å². The molecule has 0 spiro atoms. The SMILES string of the molecule is Cc1nn(C)c(C)c1CCNS(=O)(=O)c1ccccc1Cl. The number of sulfonamides is 1. The summed E-state index contributed by atoms with van der Waals surface area (Å²) in [4.78, 5) is 0.103. The van der Waals surface area contributed by atoms with Crippen molar-refractivity contribution >= 4 is 21.6 Å². The number of aryl methyl sites for hydroxylation is 2.